The number of benzene rings is 1. The van der Waals surface area contributed by atoms with Crippen LogP contribution in [0.25, 0.3) is 0 Å². The first-order chi connectivity index (χ1) is 8.93. The smallest absolute Gasteiger partial charge is 0.260 e. The van der Waals surface area contributed by atoms with Crippen LogP contribution in [0.4, 0.5) is 0 Å². The van der Waals surface area contributed by atoms with Gasteiger partial charge in [-0.3, -0.25) is 4.79 Å². The Kier molecular flexibility index (Phi) is 4.02. The number of carbonyl (C=O) groups is 1. The fourth-order valence-electron chi connectivity index (χ4n) is 2.01. The zero-order valence-electron chi connectivity index (χ0n) is 11.1. The van der Waals surface area contributed by atoms with Gasteiger partial charge in [-0.1, -0.05) is 18.5 Å². The summed E-state index contributed by atoms with van der Waals surface area (Å²) in [6, 6.07) is 5.28. The van der Waals surface area contributed by atoms with Crippen molar-refractivity contribution >= 4 is 17.5 Å². The molecule has 0 unspecified atom stereocenters. The summed E-state index contributed by atoms with van der Waals surface area (Å²) in [5, 5.41) is 10.5. The quantitative estimate of drug-likeness (QED) is 0.920. The Morgan fingerprint density at radius 2 is 2.21 bits per heavy atom. The number of β-amino-alcohol motifs (C(OH)–C–C–N with tert-alkyl or cyclic N) is 1. The highest BCUT2D eigenvalue weighted by atomic mass is 35.5. The second kappa shape index (κ2) is 5.39. The molecule has 0 spiro atoms. The topological polar surface area (TPSA) is 49.8 Å². The van der Waals surface area contributed by atoms with E-state index in [-0.39, 0.29) is 12.5 Å². The lowest BCUT2D eigenvalue weighted by atomic mass is 9.91. The fraction of sp³-hybridized carbons (Fsp3) is 0.500. The molecule has 19 heavy (non-hydrogen) atoms. The highest BCUT2D eigenvalue weighted by Crippen LogP contribution is 2.24. The Morgan fingerprint density at radius 1 is 1.53 bits per heavy atom. The van der Waals surface area contributed by atoms with Gasteiger partial charge in [-0.05, 0) is 37.1 Å². The normalized spacial score (nSPS) is 16.9. The molecule has 0 saturated carbocycles. The van der Waals surface area contributed by atoms with Crippen LogP contribution in [0.15, 0.2) is 18.2 Å². The molecule has 1 amide bonds. The Hall–Kier alpha value is -1.26. The molecular formula is C14H18ClNO3. The van der Waals surface area contributed by atoms with Crippen molar-refractivity contribution in [1.82, 2.24) is 4.90 Å². The molecule has 0 aromatic heterocycles. The van der Waals surface area contributed by atoms with Crippen molar-refractivity contribution in [1.29, 1.82) is 0 Å². The van der Waals surface area contributed by atoms with Gasteiger partial charge in [0.15, 0.2) is 6.61 Å². The molecule has 1 aromatic rings. The Morgan fingerprint density at radius 3 is 2.79 bits per heavy atom. The monoisotopic (exact) mass is 283 g/mol. The molecule has 5 heteroatoms. The number of hydrogen-bond acceptors (Lipinski definition) is 3. The van der Waals surface area contributed by atoms with Crippen LogP contribution in [0.5, 0.6) is 5.75 Å². The SMILES string of the molecule is CCC1(O)CN(C(=O)COc2ccc(Cl)c(C)c2)C1. The van der Waals surface area contributed by atoms with Crippen LogP contribution in [0.2, 0.25) is 5.02 Å². The predicted octanol–water partition coefficient (Wildman–Crippen LogP) is 2.01. The van der Waals surface area contributed by atoms with Gasteiger partial charge in [-0.15, -0.1) is 0 Å². The van der Waals surface area contributed by atoms with Gasteiger partial charge < -0.3 is 14.7 Å². The second-order valence-electron chi connectivity index (χ2n) is 5.03. The van der Waals surface area contributed by atoms with Gasteiger partial charge in [0.1, 0.15) is 5.75 Å². The number of nitrogens with zero attached hydrogens (tertiary/aromatic N) is 1. The third-order valence-electron chi connectivity index (χ3n) is 3.47. The maximum absolute atomic E-state index is 11.8. The first-order valence-corrected chi connectivity index (χ1v) is 6.70. The molecule has 104 valence electrons. The van der Waals surface area contributed by atoms with Gasteiger partial charge >= 0.3 is 0 Å². The summed E-state index contributed by atoms with van der Waals surface area (Å²) < 4.78 is 5.43. The molecule has 0 radical (unpaired) electrons. The Balaban J connectivity index is 1.83. The summed E-state index contributed by atoms with van der Waals surface area (Å²) in [6.07, 6.45) is 0.661. The average Bonchev–Trinajstić information content (AvgIpc) is 2.36. The summed E-state index contributed by atoms with van der Waals surface area (Å²) in [4.78, 5) is 13.4. The molecule has 1 saturated heterocycles. The minimum atomic E-state index is -0.702. The van der Waals surface area contributed by atoms with E-state index in [4.69, 9.17) is 16.3 Å². The van der Waals surface area contributed by atoms with Crippen LogP contribution in [0.3, 0.4) is 0 Å². The lowest BCUT2D eigenvalue weighted by Gasteiger charge is -2.45. The summed E-state index contributed by atoms with van der Waals surface area (Å²) in [6.45, 7) is 4.57. The number of hydrogen-bond donors (Lipinski definition) is 1. The Labute approximate surface area is 117 Å². The third kappa shape index (κ3) is 3.19. The van der Waals surface area contributed by atoms with E-state index in [0.717, 1.165) is 5.56 Å². The van der Waals surface area contributed by atoms with Crippen LogP contribution in [-0.2, 0) is 4.79 Å². The van der Waals surface area contributed by atoms with Crippen molar-refractivity contribution in [2.45, 2.75) is 25.9 Å². The molecule has 0 aliphatic carbocycles. The van der Waals surface area contributed by atoms with Gasteiger partial charge in [0.25, 0.3) is 5.91 Å². The largest absolute Gasteiger partial charge is 0.484 e. The van der Waals surface area contributed by atoms with E-state index in [0.29, 0.717) is 30.3 Å². The summed E-state index contributed by atoms with van der Waals surface area (Å²) in [5.74, 6) is 0.521. The molecule has 1 aliphatic rings. The predicted molar refractivity (Wildman–Crippen MR) is 73.5 cm³/mol. The number of ether oxygens (including phenoxy) is 1. The van der Waals surface area contributed by atoms with Crippen molar-refractivity contribution in [3.05, 3.63) is 28.8 Å². The molecule has 1 heterocycles. The van der Waals surface area contributed by atoms with E-state index in [2.05, 4.69) is 0 Å². The van der Waals surface area contributed by atoms with Crippen molar-refractivity contribution in [2.75, 3.05) is 19.7 Å². The third-order valence-corrected chi connectivity index (χ3v) is 3.90. The van der Waals surface area contributed by atoms with Gasteiger partial charge in [0.2, 0.25) is 0 Å². The number of carbonyl (C=O) groups excluding carboxylic acids is 1. The average molecular weight is 284 g/mol. The number of rotatable bonds is 4. The number of amides is 1. The van der Waals surface area contributed by atoms with E-state index >= 15 is 0 Å². The molecule has 1 aliphatic heterocycles. The molecule has 1 fully saturated rings. The van der Waals surface area contributed by atoms with E-state index in [1.165, 1.54) is 0 Å². The minimum Gasteiger partial charge on any atom is -0.484 e. The van der Waals surface area contributed by atoms with Crippen LogP contribution in [0, 0.1) is 6.92 Å². The molecule has 1 aromatic carbocycles. The van der Waals surface area contributed by atoms with E-state index in [1.807, 2.05) is 13.8 Å². The zero-order chi connectivity index (χ0) is 14.0. The van der Waals surface area contributed by atoms with E-state index in [9.17, 15) is 9.90 Å². The Bertz CT molecular complexity index is 484. The maximum Gasteiger partial charge on any atom is 0.260 e. The first kappa shape index (κ1) is 14.2. The number of aryl methyl sites for hydroxylation is 1. The maximum atomic E-state index is 11.8. The molecule has 4 nitrogen and oxygen atoms in total. The molecule has 1 N–H and O–H groups in total. The zero-order valence-corrected chi connectivity index (χ0v) is 11.9. The number of aliphatic hydroxyl groups is 1. The number of halogens is 1. The van der Waals surface area contributed by atoms with Gasteiger partial charge in [0.05, 0.1) is 18.7 Å². The van der Waals surface area contributed by atoms with Gasteiger partial charge in [-0.25, -0.2) is 0 Å². The standard InChI is InChI=1S/C14H18ClNO3/c1-3-14(18)8-16(9-14)13(17)7-19-11-4-5-12(15)10(2)6-11/h4-6,18H,3,7-9H2,1-2H3. The highest BCUT2D eigenvalue weighted by molar-refractivity contribution is 6.31. The molecule has 0 atom stereocenters. The lowest BCUT2D eigenvalue weighted by Crippen LogP contribution is -2.63. The van der Waals surface area contributed by atoms with Crippen LogP contribution in [0.1, 0.15) is 18.9 Å². The van der Waals surface area contributed by atoms with E-state index in [1.54, 1.807) is 23.1 Å². The van der Waals surface area contributed by atoms with Crippen molar-refractivity contribution < 1.29 is 14.6 Å². The van der Waals surface area contributed by atoms with Crippen LogP contribution < -0.4 is 4.74 Å². The van der Waals surface area contributed by atoms with Crippen LogP contribution in [-0.4, -0.2) is 41.2 Å². The van der Waals surface area contributed by atoms with Crippen molar-refractivity contribution in [2.24, 2.45) is 0 Å². The van der Waals surface area contributed by atoms with Gasteiger partial charge in [0, 0.05) is 5.02 Å². The van der Waals surface area contributed by atoms with Crippen molar-refractivity contribution in [3.8, 4) is 5.75 Å². The van der Waals surface area contributed by atoms with Gasteiger partial charge in [-0.2, -0.15) is 0 Å². The summed E-state index contributed by atoms with van der Waals surface area (Å²) >= 11 is 5.91. The lowest BCUT2D eigenvalue weighted by molar-refractivity contribution is -0.157. The first-order valence-electron chi connectivity index (χ1n) is 6.32. The fourth-order valence-corrected chi connectivity index (χ4v) is 2.13. The number of likely N-dealkylation sites (tertiary alicyclic amines) is 1. The molecule has 0 bridgehead atoms. The highest BCUT2D eigenvalue weighted by Gasteiger charge is 2.41. The summed E-state index contributed by atoms with van der Waals surface area (Å²) in [7, 11) is 0. The molecule has 2 rings (SSSR count). The molecular weight excluding hydrogens is 266 g/mol. The summed E-state index contributed by atoms with van der Waals surface area (Å²) in [5.41, 5.74) is 0.211. The second-order valence-corrected chi connectivity index (χ2v) is 5.43. The van der Waals surface area contributed by atoms with Crippen LogP contribution >= 0.6 is 11.6 Å². The van der Waals surface area contributed by atoms with Crippen molar-refractivity contribution in [3.63, 3.8) is 0 Å². The van der Waals surface area contributed by atoms with E-state index < -0.39 is 5.60 Å². The minimum absolute atomic E-state index is 0.0130.